The lowest BCUT2D eigenvalue weighted by molar-refractivity contribution is 0.00700. The Morgan fingerprint density at radius 1 is 1.27 bits per heavy atom. The summed E-state index contributed by atoms with van der Waals surface area (Å²) in [7, 11) is 0. The standard InChI is InChI=1S/C22H34N4O3.HI/c1-5-23-20(25-18-14-26(15-18)21(27)29-22(2,3)4)24-13-17-11-12-28-19(17)16-9-7-6-8-10-16;/h6-10,17-19H,5,11-15H2,1-4H3,(H2,23,24,25);1H. The number of nitrogens with one attached hydrogen (secondary N) is 2. The molecule has 0 saturated carbocycles. The number of aliphatic imine (C=N–C) groups is 1. The Morgan fingerprint density at radius 3 is 2.60 bits per heavy atom. The summed E-state index contributed by atoms with van der Waals surface area (Å²) in [5.41, 5.74) is 0.750. The van der Waals surface area contributed by atoms with E-state index < -0.39 is 5.60 Å². The Balaban J connectivity index is 0.00000320. The normalized spacial score (nSPS) is 22.1. The van der Waals surface area contributed by atoms with E-state index in [1.54, 1.807) is 4.90 Å². The molecule has 168 valence electrons. The van der Waals surface area contributed by atoms with Gasteiger partial charge < -0.3 is 25.0 Å². The molecule has 2 unspecified atom stereocenters. The monoisotopic (exact) mass is 530 g/mol. The zero-order valence-electron chi connectivity index (χ0n) is 18.4. The lowest BCUT2D eigenvalue weighted by atomic mass is 9.95. The number of likely N-dealkylation sites (tertiary alicyclic amines) is 1. The van der Waals surface area contributed by atoms with Gasteiger partial charge in [-0.05, 0) is 39.7 Å². The number of nitrogens with zero attached hydrogens (tertiary/aromatic N) is 2. The van der Waals surface area contributed by atoms with Crippen LogP contribution in [-0.2, 0) is 9.47 Å². The number of guanidine groups is 1. The summed E-state index contributed by atoms with van der Waals surface area (Å²) in [5, 5.41) is 6.74. The molecule has 0 bridgehead atoms. The van der Waals surface area contributed by atoms with E-state index in [0.717, 1.165) is 25.5 Å². The van der Waals surface area contributed by atoms with Crippen molar-refractivity contribution in [3.63, 3.8) is 0 Å². The van der Waals surface area contributed by atoms with Crippen LogP contribution in [0.4, 0.5) is 4.79 Å². The number of benzene rings is 1. The molecule has 2 aliphatic heterocycles. The third-order valence-electron chi connectivity index (χ3n) is 5.04. The Bertz CT molecular complexity index is 702. The van der Waals surface area contributed by atoms with Crippen LogP contribution in [0.5, 0.6) is 0 Å². The second kappa shape index (κ2) is 11.2. The fraction of sp³-hybridized carbons (Fsp3) is 0.636. The van der Waals surface area contributed by atoms with Gasteiger partial charge in [-0.2, -0.15) is 0 Å². The molecule has 0 aromatic heterocycles. The summed E-state index contributed by atoms with van der Waals surface area (Å²) in [6.45, 7) is 11.2. The minimum absolute atomic E-state index is 0. The molecule has 1 aromatic carbocycles. The first-order valence-corrected chi connectivity index (χ1v) is 10.5. The van der Waals surface area contributed by atoms with Gasteiger partial charge in [0.25, 0.3) is 0 Å². The molecule has 2 N–H and O–H groups in total. The van der Waals surface area contributed by atoms with Crippen LogP contribution < -0.4 is 10.6 Å². The van der Waals surface area contributed by atoms with Crippen LogP contribution in [0.15, 0.2) is 35.3 Å². The summed E-state index contributed by atoms with van der Waals surface area (Å²) in [6.07, 6.45) is 0.860. The second-order valence-corrected chi connectivity index (χ2v) is 8.70. The highest BCUT2D eigenvalue weighted by atomic mass is 127. The number of rotatable bonds is 5. The Morgan fingerprint density at radius 2 is 1.97 bits per heavy atom. The summed E-state index contributed by atoms with van der Waals surface area (Å²) in [4.78, 5) is 18.6. The van der Waals surface area contributed by atoms with Crippen molar-refractivity contribution in [2.75, 3.05) is 32.8 Å². The number of amides is 1. The van der Waals surface area contributed by atoms with Crippen LogP contribution in [0, 0.1) is 5.92 Å². The van der Waals surface area contributed by atoms with Crippen molar-refractivity contribution < 1.29 is 14.3 Å². The molecule has 7 nitrogen and oxygen atoms in total. The SMILES string of the molecule is CCNC(=NCC1CCOC1c1ccccc1)NC1CN(C(=O)OC(C)(C)C)C1.I. The van der Waals surface area contributed by atoms with Gasteiger partial charge in [0, 0.05) is 38.7 Å². The van der Waals surface area contributed by atoms with Gasteiger partial charge in [0.2, 0.25) is 0 Å². The molecule has 0 spiro atoms. The Hall–Kier alpha value is -1.55. The fourth-order valence-corrected chi connectivity index (χ4v) is 3.60. The molecule has 2 aliphatic rings. The average molecular weight is 530 g/mol. The minimum atomic E-state index is -0.468. The predicted molar refractivity (Wildman–Crippen MR) is 129 cm³/mol. The molecular weight excluding hydrogens is 495 g/mol. The fourth-order valence-electron chi connectivity index (χ4n) is 3.60. The number of hydrogen-bond acceptors (Lipinski definition) is 4. The van der Waals surface area contributed by atoms with E-state index in [9.17, 15) is 4.79 Å². The lowest BCUT2D eigenvalue weighted by Crippen LogP contribution is -2.63. The zero-order chi connectivity index (χ0) is 20.9. The molecule has 1 amide bonds. The van der Waals surface area contributed by atoms with Gasteiger partial charge in [-0.3, -0.25) is 4.99 Å². The van der Waals surface area contributed by atoms with Gasteiger partial charge >= 0.3 is 6.09 Å². The molecule has 2 fully saturated rings. The molecule has 2 heterocycles. The summed E-state index contributed by atoms with van der Waals surface area (Å²) in [6, 6.07) is 10.6. The van der Waals surface area contributed by atoms with E-state index in [4.69, 9.17) is 14.5 Å². The number of halogens is 1. The maximum atomic E-state index is 12.1. The highest BCUT2D eigenvalue weighted by Gasteiger charge is 2.34. The van der Waals surface area contributed by atoms with Crippen LogP contribution in [0.1, 0.15) is 45.8 Å². The number of ether oxygens (including phenoxy) is 2. The highest BCUT2D eigenvalue weighted by Crippen LogP contribution is 2.34. The maximum Gasteiger partial charge on any atom is 0.410 e. The van der Waals surface area contributed by atoms with Gasteiger partial charge in [-0.1, -0.05) is 30.3 Å². The van der Waals surface area contributed by atoms with E-state index in [-0.39, 0.29) is 42.2 Å². The third kappa shape index (κ3) is 7.01. The Labute approximate surface area is 197 Å². The smallest absolute Gasteiger partial charge is 0.410 e. The van der Waals surface area contributed by atoms with Crippen LogP contribution in [0.25, 0.3) is 0 Å². The number of carbonyl (C=O) groups excluding carboxylic acids is 1. The van der Waals surface area contributed by atoms with Crippen LogP contribution in [-0.4, -0.2) is 61.4 Å². The van der Waals surface area contributed by atoms with E-state index in [1.165, 1.54) is 5.56 Å². The lowest BCUT2D eigenvalue weighted by Gasteiger charge is -2.40. The summed E-state index contributed by atoms with van der Waals surface area (Å²) < 4.78 is 11.4. The molecule has 0 radical (unpaired) electrons. The van der Waals surface area contributed by atoms with Crippen molar-refractivity contribution in [3.8, 4) is 0 Å². The third-order valence-corrected chi connectivity index (χ3v) is 5.04. The van der Waals surface area contributed by atoms with Gasteiger partial charge in [-0.25, -0.2) is 4.79 Å². The van der Waals surface area contributed by atoms with E-state index in [1.807, 2.05) is 26.8 Å². The van der Waals surface area contributed by atoms with Crippen molar-refractivity contribution in [1.29, 1.82) is 0 Å². The van der Waals surface area contributed by atoms with Crippen molar-refractivity contribution in [2.45, 2.75) is 51.9 Å². The average Bonchev–Trinajstić information content (AvgIpc) is 3.10. The molecule has 30 heavy (non-hydrogen) atoms. The molecule has 8 heteroatoms. The van der Waals surface area contributed by atoms with Crippen molar-refractivity contribution in [1.82, 2.24) is 15.5 Å². The molecule has 2 saturated heterocycles. The van der Waals surface area contributed by atoms with E-state index >= 15 is 0 Å². The largest absolute Gasteiger partial charge is 0.444 e. The summed E-state index contributed by atoms with van der Waals surface area (Å²) in [5.74, 6) is 1.16. The second-order valence-electron chi connectivity index (χ2n) is 8.70. The zero-order valence-corrected chi connectivity index (χ0v) is 20.7. The number of carbonyl (C=O) groups is 1. The first-order valence-electron chi connectivity index (χ1n) is 10.5. The number of hydrogen-bond donors (Lipinski definition) is 2. The first kappa shape index (κ1) is 24.7. The van der Waals surface area contributed by atoms with Crippen molar-refractivity contribution in [2.24, 2.45) is 10.9 Å². The molecule has 2 atom stereocenters. The van der Waals surface area contributed by atoms with Gasteiger partial charge in [0.05, 0.1) is 12.1 Å². The van der Waals surface area contributed by atoms with E-state index in [2.05, 4.69) is 41.8 Å². The molecular formula is C22H35IN4O3. The quantitative estimate of drug-likeness (QED) is 0.346. The highest BCUT2D eigenvalue weighted by molar-refractivity contribution is 14.0. The minimum Gasteiger partial charge on any atom is -0.444 e. The predicted octanol–water partition coefficient (Wildman–Crippen LogP) is 3.56. The topological polar surface area (TPSA) is 75.2 Å². The summed E-state index contributed by atoms with van der Waals surface area (Å²) >= 11 is 0. The molecule has 3 rings (SSSR count). The first-order chi connectivity index (χ1) is 13.9. The van der Waals surface area contributed by atoms with E-state index in [0.29, 0.717) is 25.6 Å². The van der Waals surface area contributed by atoms with Crippen molar-refractivity contribution in [3.05, 3.63) is 35.9 Å². The van der Waals surface area contributed by atoms with Crippen LogP contribution in [0.3, 0.4) is 0 Å². The molecule has 0 aliphatic carbocycles. The van der Waals surface area contributed by atoms with Crippen LogP contribution >= 0.6 is 24.0 Å². The van der Waals surface area contributed by atoms with Crippen LogP contribution in [0.2, 0.25) is 0 Å². The molecule has 1 aromatic rings. The maximum absolute atomic E-state index is 12.1. The van der Waals surface area contributed by atoms with Crippen molar-refractivity contribution >= 4 is 36.0 Å². The van der Waals surface area contributed by atoms with Gasteiger partial charge in [0.15, 0.2) is 5.96 Å². The van der Waals surface area contributed by atoms with Gasteiger partial charge in [-0.15, -0.1) is 24.0 Å². The Kier molecular flexibility index (Phi) is 9.21. The van der Waals surface area contributed by atoms with Gasteiger partial charge in [0.1, 0.15) is 5.60 Å².